The molecule has 2 heterocycles. The molecule has 3 rings (SSSR count). The first kappa shape index (κ1) is 18.1. The maximum absolute atomic E-state index is 12.6. The van der Waals surface area contributed by atoms with E-state index >= 15 is 0 Å². The Bertz CT molecular complexity index is 744. The molecule has 26 heavy (non-hydrogen) atoms. The molecule has 0 aliphatic carbocycles. The number of aromatic nitrogens is 3. The predicted octanol–water partition coefficient (Wildman–Crippen LogP) is 2.30. The zero-order valence-electron chi connectivity index (χ0n) is 14.8. The molecule has 1 aliphatic heterocycles. The van der Waals surface area contributed by atoms with Gasteiger partial charge in [0.1, 0.15) is 12.2 Å². The van der Waals surface area contributed by atoms with Crippen molar-refractivity contribution in [2.45, 2.75) is 38.5 Å². The molecule has 1 fully saturated rings. The van der Waals surface area contributed by atoms with Crippen LogP contribution in [0.25, 0.3) is 5.69 Å². The molecule has 1 amide bonds. The van der Waals surface area contributed by atoms with Crippen LogP contribution in [0.5, 0.6) is 0 Å². The predicted molar refractivity (Wildman–Crippen MR) is 95.9 cm³/mol. The Morgan fingerprint density at radius 2 is 2.00 bits per heavy atom. The van der Waals surface area contributed by atoms with E-state index in [0.717, 1.165) is 30.9 Å². The lowest BCUT2D eigenvalue weighted by Gasteiger charge is -2.32. The topological polar surface area (TPSA) is 88.3 Å². The number of hydrogen-bond acceptors (Lipinski definition) is 4. The number of carboxylic acids is 1. The van der Waals surface area contributed by atoms with Crippen molar-refractivity contribution in [3.63, 3.8) is 0 Å². The van der Waals surface area contributed by atoms with Gasteiger partial charge in [0, 0.05) is 38.0 Å². The Morgan fingerprint density at radius 1 is 1.19 bits per heavy atom. The highest BCUT2D eigenvalue weighted by atomic mass is 16.4. The van der Waals surface area contributed by atoms with Gasteiger partial charge in [-0.3, -0.25) is 14.2 Å². The standard InChI is InChI=1S/C19H24N4O3/c24-18(22-12-4-5-15(13-22)8-11-19(25)26)10-9-17-21-20-14-23(17)16-6-2-1-3-7-16/h1-3,6-7,14-15H,4-5,8-13H2,(H,25,26)/t15-/m0/s1. The first-order valence-electron chi connectivity index (χ1n) is 9.07. The van der Waals surface area contributed by atoms with E-state index in [1.807, 2.05) is 39.8 Å². The van der Waals surface area contributed by atoms with Crippen molar-refractivity contribution in [2.75, 3.05) is 13.1 Å². The number of carbonyl (C=O) groups excluding carboxylic acids is 1. The summed E-state index contributed by atoms with van der Waals surface area (Å²) in [7, 11) is 0. The van der Waals surface area contributed by atoms with E-state index in [2.05, 4.69) is 10.2 Å². The minimum Gasteiger partial charge on any atom is -0.481 e. The number of benzene rings is 1. The van der Waals surface area contributed by atoms with E-state index in [1.165, 1.54) is 0 Å². The summed E-state index contributed by atoms with van der Waals surface area (Å²) < 4.78 is 1.90. The Morgan fingerprint density at radius 3 is 2.77 bits per heavy atom. The SMILES string of the molecule is O=C(O)CC[C@@H]1CCCN(C(=O)CCc2nncn2-c2ccccc2)C1. The number of likely N-dealkylation sites (tertiary alicyclic amines) is 1. The monoisotopic (exact) mass is 356 g/mol. The van der Waals surface area contributed by atoms with Crippen LogP contribution in [0, 0.1) is 5.92 Å². The molecule has 1 aliphatic rings. The Labute approximate surface area is 152 Å². The number of rotatable bonds is 7. The summed E-state index contributed by atoms with van der Waals surface area (Å²) in [6.07, 6.45) is 5.34. The molecule has 1 atom stereocenters. The highest BCUT2D eigenvalue weighted by molar-refractivity contribution is 5.76. The van der Waals surface area contributed by atoms with Gasteiger partial charge in [-0.25, -0.2) is 0 Å². The number of hydrogen-bond donors (Lipinski definition) is 1. The van der Waals surface area contributed by atoms with Crippen LogP contribution >= 0.6 is 0 Å². The molecule has 1 aromatic carbocycles. The largest absolute Gasteiger partial charge is 0.481 e. The average molecular weight is 356 g/mol. The lowest BCUT2D eigenvalue weighted by molar-refractivity contribution is -0.137. The fourth-order valence-corrected chi connectivity index (χ4v) is 3.47. The van der Waals surface area contributed by atoms with Crippen molar-refractivity contribution in [2.24, 2.45) is 5.92 Å². The van der Waals surface area contributed by atoms with Gasteiger partial charge in [-0.05, 0) is 37.3 Å². The maximum atomic E-state index is 12.6. The highest BCUT2D eigenvalue weighted by Gasteiger charge is 2.24. The van der Waals surface area contributed by atoms with E-state index in [4.69, 9.17) is 5.11 Å². The Kier molecular flexibility index (Phi) is 5.99. The van der Waals surface area contributed by atoms with Gasteiger partial charge in [-0.1, -0.05) is 18.2 Å². The first-order valence-corrected chi connectivity index (χ1v) is 9.07. The number of piperidine rings is 1. The maximum Gasteiger partial charge on any atom is 0.303 e. The third-order valence-electron chi connectivity index (χ3n) is 4.85. The second-order valence-electron chi connectivity index (χ2n) is 6.73. The number of carboxylic acid groups (broad SMARTS) is 1. The van der Waals surface area contributed by atoms with Crippen LogP contribution in [0.3, 0.4) is 0 Å². The minimum atomic E-state index is -0.770. The van der Waals surface area contributed by atoms with Gasteiger partial charge in [0.25, 0.3) is 0 Å². The first-order chi connectivity index (χ1) is 12.6. The van der Waals surface area contributed by atoms with Gasteiger partial charge in [0.15, 0.2) is 0 Å². The smallest absolute Gasteiger partial charge is 0.303 e. The summed E-state index contributed by atoms with van der Waals surface area (Å²) in [5.41, 5.74) is 0.978. The molecule has 0 unspecified atom stereocenters. The minimum absolute atomic E-state index is 0.104. The average Bonchev–Trinajstić information content (AvgIpc) is 3.14. The fraction of sp³-hybridized carbons (Fsp3) is 0.474. The molecular formula is C19H24N4O3. The van der Waals surface area contributed by atoms with E-state index in [0.29, 0.717) is 25.8 Å². The van der Waals surface area contributed by atoms with Gasteiger partial charge in [0.05, 0.1) is 0 Å². The third kappa shape index (κ3) is 4.68. The van der Waals surface area contributed by atoms with Crippen molar-refractivity contribution in [1.29, 1.82) is 0 Å². The van der Waals surface area contributed by atoms with Crippen LogP contribution in [-0.4, -0.2) is 49.7 Å². The summed E-state index contributed by atoms with van der Waals surface area (Å²) in [5, 5.41) is 17.0. The van der Waals surface area contributed by atoms with Crippen molar-refractivity contribution < 1.29 is 14.7 Å². The number of aryl methyl sites for hydroxylation is 1. The zero-order chi connectivity index (χ0) is 18.4. The molecule has 1 N–H and O–H groups in total. The lowest BCUT2D eigenvalue weighted by Crippen LogP contribution is -2.40. The van der Waals surface area contributed by atoms with E-state index in [9.17, 15) is 9.59 Å². The second-order valence-corrected chi connectivity index (χ2v) is 6.73. The molecular weight excluding hydrogens is 332 g/mol. The molecule has 1 saturated heterocycles. The van der Waals surface area contributed by atoms with Crippen molar-refractivity contribution in [3.8, 4) is 5.69 Å². The van der Waals surface area contributed by atoms with Crippen LogP contribution in [0.4, 0.5) is 0 Å². The number of aliphatic carboxylic acids is 1. The van der Waals surface area contributed by atoms with Crippen LogP contribution in [0.1, 0.15) is 37.9 Å². The van der Waals surface area contributed by atoms with Gasteiger partial charge >= 0.3 is 5.97 Å². The Balaban J connectivity index is 1.54. The van der Waals surface area contributed by atoms with Gasteiger partial charge < -0.3 is 10.0 Å². The molecule has 7 nitrogen and oxygen atoms in total. The van der Waals surface area contributed by atoms with Crippen molar-refractivity contribution in [3.05, 3.63) is 42.5 Å². The quantitative estimate of drug-likeness (QED) is 0.822. The normalized spacial score (nSPS) is 17.2. The van der Waals surface area contributed by atoms with E-state index < -0.39 is 5.97 Å². The number of amides is 1. The fourth-order valence-electron chi connectivity index (χ4n) is 3.47. The zero-order valence-corrected chi connectivity index (χ0v) is 14.8. The van der Waals surface area contributed by atoms with E-state index in [1.54, 1.807) is 6.33 Å². The van der Waals surface area contributed by atoms with Crippen molar-refractivity contribution >= 4 is 11.9 Å². The summed E-state index contributed by atoms with van der Waals surface area (Å²) in [6.45, 7) is 1.42. The summed E-state index contributed by atoms with van der Waals surface area (Å²) in [6, 6.07) is 9.82. The molecule has 138 valence electrons. The van der Waals surface area contributed by atoms with Crippen LogP contribution in [-0.2, 0) is 16.0 Å². The molecule has 0 spiro atoms. The molecule has 0 saturated carbocycles. The van der Waals surface area contributed by atoms with Crippen LogP contribution in [0.2, 0.25) is 0 Å². The van der Waals surface area contributed by atoms with E-state index in [-0.39, 0.29) is 18.2 Å². The molecule has 0 radical (unpaired) electrons. The number of para-hydroxylation sites is 1. The van der Waals surface area contributed by atoms with Crippen LogP contribution in [0.15, 0.2) is 36.7 Å². The summed E-state index contributed by atoms with van der Waals surface area (Å²) in [4.78, 5) is 25.2. The molecule has 0 bridgehead atoms. The Hall–Kier alpha value is -2.70. The van der Waals surface area contributed by atoms with Crippen LogP contribution < -0.4 is 0 Å². The van der Waals surface area contributed by atoms with Gasteiger partial charge in [-0.15, -0.1) is 10.2 Å². The summed E-state index contributed by atoms with van der Waals surface area (Å²) in [5.74, 6) is 0.391. The second kappa shape index (κ2) is 8.60. The van der Waals surface area contributed by atoms with Crippen molar-refractivity contribution in [1.82, 2.24) is 19.7 Å². The van der Waals surface area contributed by atoms with Gasteiger partial charge in [0.2, 0.25) is 5.91 Å². The third-order valence-corrected chi connectivity index (χ3v) is 4.85. The van der Waals surface area contributed by atoms with Gasteiger partial charge in [-0.2, -0.15) is 0 Å². The molecule has 1 aromatic heterocycles. The molecule has 7 heteroatoms. The number of nitrogens with zero attached hydrogens (tertiary/aromatic N) is 4. The summed E-state index contributed by atoms with van der Waals surface area (Å²) >= 11 is 0. The number of carbonyl (C=O) groups is 2. The molecule has 2 aromatic rings. The lowest BCUT2D eigenvalue weighted by atomic mass is 9.93. The highest BCUT2D eigenvalue weighted by Crippen LogP contribution is 2.22.